The third kappa shape index (κ3) is 7.77. The van der Waals surface area contributed by atoms with E-state index in [0.29, 0.717) is 13.0 Å². The maximum atomic E-state index is 12.1. The van der Waals surface area contributed by atoms with E-state index in [1.165, 1.54) is 11.9 Å². The van der Waals surface area contributed by atoms with Gasteiger partial charge in [0.15, 0.2) is 0 Å². The first kappa shape index (κ1) is 24.6. The smallest absolute Gasteiger partial charge is 0.318 e. The van der Waals surface area contributed by atoms with Gasteiger partial charge in [0.1, 0.15) is 6.04 Å². The van der Waals surface area contributed by atoms with E-state index in [9.17, 15) is 14.4 Å². The predicted molar refractivity (Wildman–Crippen MR) is 95.1 cm³/mol. The first-order chi connectivity index (χ1) is 10.3. The van der Waals surface area contributed by atoms with Crippen LogP contribution in [-0.4, -0.2) is 60.9 Å². The third-order valence-corrected chi connectivity index (χ3v) is 3.29. The van der Waals surface area contributed by atoms with Gasteiger partial charge in [-0.3, -0.25) is 14.9 Å². The van der Waals surface area contributed by atoms with Gasteiger partial charge in [0.2, 0.25) is 11.9 Å². The molecule has 0 aromatic heterocycles. The van der Waals surface area contributed by atoms with Crippen molar-refractivity contribution in [3.8, 4) is 0 Å². The van der Waals surface area contributed by atoms with Crippen molar-refractivity contribution in [1.82, 2.24) is 15.5 Å². The highest BCUT2D eigenvalue weighted by atomic mass is 35.5. The summed E-state index contributed by atoms with van der Waals surface area (Å²) in [5, 5.41) is 4.91. The number of hydrogen-bond acceptors (Lipinski definition) is 6. The van der Waals surface area contributed by atoms with Crippen molar-refractivity contribution in [1.29, 1.82) is 0 Å². The van der Waals surface area contributed by atoms with Gasteiger partial charge in [-0.25, -0.2) is 4.79 Å². The molecule has 0 saturated carbocycles. The molecule has 4 amide bonds. The number of nitrogens with two attached hydrogens (primary N) is 3. The standard InChI is InChI=1S/C12H23N7O3.2ClH/c1-19(9(20)5-7(14)3-2-4-13)8-6-16-12(17-10(8)21)18-11(15)22;;/h7-8H,2-6,13-14H2,1H3,(H4,15,16,17,18,21,22);2*1H/t7-,8?;;/m0../s1. The lowest BCUT2D eigenvalue weighted by Crippen LogP contribution is -2.56. The predicted octanol–water partition coefficient (Wildman–Crippen LogP) is -1.73. The largest absolute Gasteiger partial charge is 0.353 e. The van der Waals surface area contributed by atoms with Crippen LogP contribution in [0.5, 0.6) is 0 Å². The van der Waals surface area contributed by atoms with Crippen LogP contribution in [0.4, 0.5) is 4.79 Å². The number of carbonyl (C=O) groups is 3. The number of halogens is 2. The van der Waals surface area contributed by atoms with Crippen LogP contribution >= 0.6 is 24.8 Å². The van der Waals surface area contributed by atoms with Crippen molar-refractivity contribution < 1.29 is 14.4 Å². The number of rotatable bonds is 6. The first-order valence-corrected chi connectivity index (χ1v) is 6.99. The Labute approximate surface area is 152 Å². The summed E-state index contributed by atoms with van der Waals surface area (Å²) >= 11 is 0. The number of nitrogens with one attached hydrogen (secondary N) is 2. The Bertz CT molecular complexity index is 476. The van der Waals surface area contributed by atoms with Crippen LogP contribution < -0.4 is 27.8 Å². The zero-order chi connectivity index (χ0) is 16.7. The number of amides is 4. The second-order valence-electron chi connectivity index (χ2n) is 5.08. The molecule has 0 fully saturated rings. The minimum absolute atomic E-state index is 0. The van der Waals surface area contributed by atoms with Gasteiger partial charge < -0.3 is 27.4 Å². The maximum absolute atomic E-state index is 12.1. The van der Waals surface area contributed by atoms with Gasteiger partial charge in [0, 0.05) is 26.1 Å². The Morgan fingerprint density at radius 1 is 1.46 bits per heavy atom. The molecule has 0 aromatic rings. The Balaban J connectivity index is 0. The second-order valence-corrected chi connectivity index (χ2v) is 5.08. The number of primary amides is 1. The molecule has 0 aliphatic carbocycles. The lowest BCUT2D eigenvalue weighted by atomic mass is 10.1. The molecular weight excluding hydrogens is 361 g/mol. The van der Waals surface area contributed by atoms with E-state index in [1.807, 2.05) is 0 Å². The number of hydrogen-bond donors (Lipinski definition) is 5. The average molecular weight is 386 g/mol. The molecule has 12 heteroatoms. The van der Waals surface area contributed by atoms with Crippen molar-refractivity contribution in [2.75, 3.05) is 20.1 Å². The fourth-order valence-electron chi connectivity index (χ4n) is 2.02. The van der Waals surface area contributed by atoms with Crippen LogP contribution in [0, 0.1) is 0 Å². The van der Waals surface area contributed by atoms with Crippen LogP contribution in [0.3, 0.4) is 0 Å². The SMILES string of the molecule is CN(C(=O)C[C@@H](N)CCCN)C1CNC(NC(N)=O)=NC1=O.Cl.Cl. The summed E-state index contributed by atoms with van der Waals surface area (Å²) in [6.45, 7) is 0.658. The summed E-state index contributed by atoms with van der Waals surface area (Å²) < 4.78 is 0. The van der Waals surface area contributed by atoms with E-state index in [1.54, 1.807) is 0 Å². The Morgan fingerprint density at radius 2 is 2.08 bits per heavy atom. The van der Waals surface area contributed by atoms with E-state index in [4.69, 9.17) is 17.2 Å². The van der Waals surface area contributed by atoms with Gasteiger partial charge in [-0.1, -0.05) is 0 Å². The van der Waals surface area contributed by atoms with Crippen LogP contribution in [0.15, 0.2) is 4.99 Å². The number of carbonyl (C=O) groups excluding carboxylic acids is 3. The number of likely N-dealkylation sites (N-methyl/N-ethyl adjacent to an activating group) is 1. The first-order valence-electron chi connectivity index (χ1n) is 6.99. The van der Waals surface area contributed by atoms with E-state index < -0.39 is 18.0 Å². The molecule has 1 heterocycles. The van der Waals surface area contributed by atoms with Crippen molar-refractivity contribution in [3.63, 3.8) is 0 Å². The molecule has 8 N–H and O–H groups in total. The summed E-state index contributed by atoms with van der Waals surface area (Å²) in [5.74, 6) is -0.797. The van der Waals surface area contributed by atoms with Gasteiger partial charge in [-0.05, 0) is 19.4 Å². The molecule has 0 bridgehead atoms. The molecule has 0 saturated heterocycles. The lowest BCUT2D eigenvalue weighted by Gasteiger charge is -2.30. The van der Waals surface area contributed by atoms with Crippen molar-refractivity contribution in [2.24, 2.45) is 22.2 Å². The molecule has 10 nitrogen and oxygen atoms in total. The fraction of sp³-hybridized carbons (Fsp3) is 0.667. The molecule has 0 spiro atoms. The molecule has 2 atom stereocenters. The molecular formula is C12H25Cl2N7O3. The molecule has 24 heavy (non-hydrogen) atoms. The molecule has 0 aromatic carbocycles. The summed E-state index contributed by atoms with van der Waals surface area (Å²) in [4.78, 5) is 39.7. The normalized spacial score (nSPS) is 17.4. The number of urea groups is 1. The van der Waals surface area contributed by atoms with E-state index >= 15 is 0 Å². The second kappa shape index (κ2) is 11.8. The Kier molecular flexibility index (Phi) is 12.2. The molecule has 0 radical (unpaired) electrons. The highest BCUT2D eigenvalue weighted by Crippen LogP contribution is 2.07. The zero-order valence-corrected chi connectivity index (χ0v) is 15.0. The van der Waals surface area contributed by atoms with Crippen LogP contribution in [0.1, 0.15) is 19.3 Å². The summed E-state index contributed by atoms with van der Waals surface area (Å²) in [7, 11) is 1.52. The highest BCUT2D eigenvalue weighted by Gasteiger charge is 2.31. The maximum Gasteiger partial charge on any atom is 0.318 e. The zero-order valence-electron chi connectivity index (χ0n) is 13.4. The van der Waals surface area contributed by atoms with E-state index in [2.05, 4.69) is 15.6 Å². The van der Waals surface area contributed by atoms with Crippen LogP contribution in [-0.2, 0) is 9.59 Å². The number of nitrogens with zero attached hydrogens (tertiary/aromatic N) is 2. The van der Waals surface area contributed by atoms with Gasteiger partial charge in [0.25, 0.3) is 5.91 Å². The molecule has 140 valence electrons. The topological polar surface area (TPSA) is 169 Å². The lowest BCUT2D eigenvalue weighted by molar-refractivity contribution is -0.138. The Hall–Kier alpha value is -1.62. The van der Waals surface area contributed by atoms with Crippen molar-refractivity contribution >= 4 is 48.6 Å². The minimum Gasteiger partial charge on any atom is -0.353 e. The van der Waals surface area contributed by atoms with Crippen molar-refractivity contribution in [2.45, 2.75) is 31.3 Å². The van der Waals surface area contributed by atoms with E-state index in [-0.39, 0.29) is 55.7 Å². The number of guanidine groups is 1. The summed E-state index contributed by atoms with van der Waals surface area (Å²) in [5.41, 5.74) is 16.2. The summed E-state index contributed by atoms with van der Waals surface area (Å²) in [6.07, 6.45) is 1.53. The fourth-order valence-corrected chi connectivity index (χ4v) is 2.02. The quantitative estimate of drug-likeness (QED) is 0.363. The minimum atomic E-state index is -0.826. The van der Waals surface area contributed by atoms with Gasteiger partial charge in [-0.15, -0.1) is 24.8 Å². The van der Waals surface area contributed by atoms with E-state index in [0.717, 1.165) is 6.42 Å². The third-order valence-electron chi connectivity index (χ3n) is 3.29. The molecule has 1 unspecified atom stereocenters. The van der Waals surface area contributed by atoms with Crippen LogP contribution in [0.25, 0.3) is 0 Å². The average Bonchev–Trinajstić information content (AvgIpc) is 2.43. The van der Waals surface area contributed by atoms with Gasteiger partial charge in [0.05, 0.1) is 0 Å². The highest BCUT2D eigenvalue weighted by molar-refractivity contribution is 6.04. The molecule has 1 aliphatic rings. The monoisotopic (exact) mass is 385 g/mol. The molecule has 1 rings (SSSR count). The summed E-state index contributed by atoms with van der Waals surface area (Å²) in [6, 6.07) is -1.86. The Morgan fingerprint density at radius 3 is 2.58 bits per heavy atom. The van der Waals surface area contributed by atoms with Crippen LogP contribution in [0.2, 0.25) is 0 Å². The van der Waals surface area contributed by atoms with Gasteiger partial charge >= 0.3 is 6.03 Å². The van der Waals surface area contributed by atoms with Gasteiger partial charge in [-0.2, -0.15) is 4.99 Å². The molecule has 1 aliphatic heterocycles. The number of aliphatic imine (C=N–C) groups is 1. The van der Waals surface area contributed by atoms with Crippen molar-refractivity contribution in [3.05, 3.63) is 0 Å².